The molecule has 2 heterocycles. The SMILES string of the molecule is CN(C)CCNC(=O)c1c[nH]c(C=C2C(=O)Nc3ccc(NC(N)=O)cc32)c1. The maximum absolute atomic E-state index is 12.3. The molecule has 1 aliphatic heterocycles. The van der Waals surface area contributed by atoms with Crippen LogP contribution in [0.4, 0.5) is 16.2 Å². The molecular formula is C19H22N6O3. The van der Waals surface area contributed by atoms with E-state index >= 15 is 0 Å². The molecule has 0 fully saturated rings. The van der Waals surface area contributed by atoms with Crippen LogP contribution < -0.4 is 21.7 Å². The molecule has 0 bridgehead atoms. The number of nitrogens with zero attached hydrogens (tertiary/aromatic N) is 1. The summed E-state index contributed by atoms with van der Waals surface area (Å²) in [5, 5.41) is 8.09. The quantitative estimate of drug-likeness (QED) is 0.482. The molecule has 1 aromatic carbocycles. The lowest BCUT2D eigenvalue weighted by molar-refractivity contribution is -0.110. The molecule has 4 amide bonds. The zero-order chi connectivity index (χ0) is 20.3. The number of amides is 4. The number of hydrogen-bond donors (Lipinski definition) is 5. The smallest absolute Gasteiger partial charge is 0.316 e. The van der Waals surface area contributed by atoms with E-state index in [1.807, 2.05) is 19.0 Å². The molecular weight excluding hydrogens is 360 g/mol. The minimum atomic E-state index is -0.683. The predicted molar refractivity (Wildman–Crippen MR) is 108 cm³/mol. The number of likely N-dealkylation sites (N-methyl/N-ethyl adjacent to an activating group) is 1. The van der Waals surface area contributed by atoms with Crippen LogP contribution in [-0.2, 0) is 4.79 Å². The van der Waals surface area contributed by atoms with Crippen LogP contribution in [0.25, 0.3) is 11.6 Å². The summed E-state index contributed by atoms with van der Waals surface area (Å²) >= 11 is 0. The van der Waals surface area contributed by atoms with Crippen LogP contribution in [0.3, 0.4) is 0 Å². The summed E-state index contributed by atoms with van der Waals surface area (Å²) in [7, 11) is 3.86. The van der Waals surface area contributed by atoms with Crippen LogP contribution in [0, 0.1) is 0 Å². The zero-order valence-corrected chi connectivity index (χ0v) is 15.6. The number of carbonyl (C=O) groups excluding carboxylic acids is 3. The van der Waals surface area contributed by atoms with Crippen molar-refractivity contribution in [2.75, 3.05) is 37.8 Å². The highest BCUT2D eigenvalue weighted by atomic mass is 16.2. The summed E-state index contributed by atoms with van der Waals surface area (Å²) < 4.78 is 0. The third-order valence-electron chi connectivity index (χ3n) is 4.18. The van der Waals surface area contributed by atoms with E-state index in [2.05, 4.69) is 20.9 Å². The Morgan fingerprint density at radius 2 is 2.04 bits per heavy atom. The van der Waals surface area contributed by atoms with Gasteiger partial charge in [-0.1, -0.05) is 0 Å². The molecule has 0 aliphatic carbocycles. The van der Waals surface area contributed by atoms with Crippen molar-refractivity contribution in [2.24, 2.45) is 5.73 Å². The van der Waals surface area contributed by atoms with Gasteiger partial charge in [0.1, 0.15) is 0 Å². The van der Waals surface area contributed by atoms with Gasteiger partial charge in [0.25, 0.3) is 11.8 Å². The van der Waals surface area contributed by atoms with Gasteiger partial charge >= 0.3 is 6.03 Å². The monoisotopic (exact) mass is 382 g/mol. The number of nitrogens with one attached hydrogen (secondary N) is 4. The lowest BCUT2D eigenvalue weighted by Gasteiger charge is -2.09. The van der Waals surface area contributed by atoms with Gasteiger partial charge < -0.3 is 31.6 Å². The van der Waals surface area contributed by atoms with Crippen LogP contribution in [0.15, 0.2) is 30.5 Å². The van der Waals surface area contributed by atoms with Crippen LogP contribution in [0.5, 0.6) is 0 Å². The Morgan fingerprint density at radius 3 is 2.75 bits per heavy atom. The van der Waals surface area contributed by atoms with Gasteiger partial charge in [-0.25, -0.2) is 4.79 Å². The first-order chi connectivity index (χ1) is 13.3. The van der Waals surface area contributed by atoms with Gasteiger partial charge in [-0.15, -0.1) is 0 Å². The number of benzene rings is 1. The van der Waals surface area contributed by atoms with Crippen molar-refractivity contribution >= 4 is 40.9 Å². The van der Waals surface area contributed by atoms with E-state index in [1.165, 1.54) is 0 Å². The molecule has 9 nitrogen and oxygen atoms in total. The average molecular weight is 382 g/mol. The Bertz CT molecular complexity index is 960. The maximum Gasteiger partial charge on any atom is 0.316 e. The van der Waals surface area contributed by atoms with Crippen LogP contribution >= 0.6 is 0 Å². The second-order valence-electron chi connectivity index (χ2n) is 6.66. The number of H-pyrrole nitrogens is 1. The molecule has 0 radical (unpaired) electrons. The van der Waals surface area contributed by atoms with E-state index in [1.54, 1.807) is 36.5 Å². The van der Waals surface area contributed by atoms with Crippen LogP contribution in [0.1, 0.15) is 21.6 Å². The van der Waals surface area contributed by atoms with E-state index in [4.69, 9.17) is 5.73 Å². The van der Waals surface area contributed by atoms with Crippen molar-refractivity contribution < 1.29 is 14.4 Å². The third kappa shape index (κ3) is 4.38. The summed E-state index contributed by atoms with van der Waals surface area (Å²) in [5.41, 5.74) is 8.43. The summed E-state index contributed by atoms with van der Waals surface area (Å²) in [6.07, 6.45) is 3.25. The number of fused-ring (bicyclic) bond motifs is 1. The van der Waals surface area contributed by atoms with Crippen molar-refractivity contribution in [2.45, 2.75) is 0 Å². The molecule has 0 saturated heterocycles. The third-order valence-corrected chi connectivity index (χ3v) is 4.18. The number of aromatic amines is 1. The lowest BCUT2D eigenvalue weighted by Crippen LogP contribution is -2.31. The Morgan fingerprint density at radius 1 is 1.25 bits per heavy atom. The Labute approximate surface area is 162 Å². The molecule has 28 heavy (non-hydrogen) atoms. The van der Waals surface area contributed by atoms with Gasteiger partial charge in [0.05, 0.1) is 11.1 Å². The second kappa shape index (κ2) is 7.97. The van der Waals surface area contributed by atoms with Crippen molar-refractivity contribution in [3.8, 4) is 0 Å². The molecule has 0 spiro atoms. The first-order valence-electron chi connectivity index (χ1n) is 8.69. The maximum atomic E-state index is 12.3. The van der Waals surface area contributed by atoms with E-state index in [9.17, 15) is 14.4 Å². The van der Waals surface area contributed by atoms with Crippen LogP contribution in [0.2, 0.25) is 0 Å². The number of aromatic nitrogens is 1. The van der Waals surface area contributed by atoms with Crippen molar-refractivity contribution in [1.29, 1.82) is 0 Å². The summed E-state index contributed by atoms with van der Waals surface area (Å²) in [6.45, 7) is 1.28. The number of hydrogen-bond acceptors (Lipinski definition) is 4. The standard InChI is InChI=1S/C19H22N6O3/c1-25(2)6-5-21-17(26)11-7-13(22-10-11)9-15-14-8-12(23-19(20)28)3-4-16(14)24-18(15)27/h3-4,7-10,22H,5-6H2,1-2H3,(H,21,26)(H,24,27)(H3,20,23,28). The highest BCUT2D eigenvalue weighted by Gasteiger charge is 2.24. The summed E-state index contributed by atoms with van der Waals surface area (Å²) in [4.78, 5) is 40.5. The number of primary amides is 1. The van der Waals surface area contributed by atoms with Crippen molar-refractivity contribution in [1.82, 2.24) is 15.2 Å². The number of anilines is 2. The fraction of sp³-hybridized carbons (Fsp3) is 0.211. The van der Waals surface area contributed by atoms with Crippen LogP contribution in [-0.4, -0.2) is 54.9 Å². The highest BCUT2D eigenvalue weighted by Crippen LogP contribution is 2.35. The molecule has 9 heteroatoms. The molecule has 1 aliphatic rings. The Hall–Kier alpha value is -3.59. The first kappa shape index (κ1) is 19.2. The van der Waals surface area contributed by atoms with Gasteiger partial charge in [0, 0.05) is 41.9 Å². The fourth-order valence-corrected chi connectivity index (χ4v) is 2.83. The Balaban J connectivity index is 1.79. The molecule has 1 aromatic heterocycles. The Kier molecular flexibility index (Phi) is 5.46. The largest absolute Gasteiger partial charge is 0.361 e. The predicted octanol–water partition coefficient (Wildman–Crippen LogP) is 1.29. The molecule has 3 rings (SSSR count). The van der Waals surface area contributed by atoms with E-state index < -0.39 is 6.03 Å². The zero-order valence-electron chi connectivity index (χ0n) is 15.6. The molecule has 0 unspecified atom stereocenters. The van der Waals surface area contributed by atoms with Crippen molar-refractivity contribution in [3.05, 3.63) is 47.3 Å². The van der Waals surface area contributed by atoms with Crippen molar-refractivity contribution in [3.63, 3.8) is 0 Å². The van der Waals surface area contributed by atoms with Gasteiger partial charge in [0.2, 0.25) is 0 Å². The first-order valence-corrected chi connectivity index (χ1v) is 8.69. The molecule has 146 valence electrons. The fourth-order valence-electron chi connectivity index (χ4n) is 2.83. The number of rotatable bonds is 6. The van der Waals surface area contributed by atoms with E-state index in [0.29, 0.717) is 40.3 Å². The number of nitrogens with two attached hydrogens (primary N) is 1. The second-order valence-corrected chi connectivity index (χ2v) is 6.66. The van der Waals surface area contributed by atoms with Gasteiger partial charge in [-0.05, 0) is 44.4 Å². The number of carbonyl (C=O) groups is 3. The molecule has 0 saturated carbocycles. The highest BCUT2D eigenvalue weighted by molar-refractivity contribution is 6.35. The topological polar surface area (TPSA) is 132 Å². The normalized spacial score (nSPS) is 14.1. The number of urea groups is 1. The van der Waals surface area contributed by atoms with Gasteiger partial charge in [-0.2, -0.15) is 0 Å². The minimum absolute atomic E-state index is 0.188. The molecule has 2 aromatic rings. The lowest BCUT2D eigenvalue weighted by atomic mass is 10.1. The summed E-state index contributed by atoms with van der Waals surface area (Å²) in [5.74, 6) is -0.454. The molecule has 6 N–H and O–H groups in total. The van der Waals surface area contributed by atoms with Gasteiger partial charge in [-0.3, -0.25) is 9.59 Å². The van der Waals surface area contributed by atoms with Gasteiger partial charge in [0.15, 0.2) is 0 Å². The van der Waals surface area contributed by atoms with E-state index in [-0.39, 0.29) is 11.8 Å². The average Bonchev–Trinajstić information content (AvgIpc) is 3.20. The van der Waals surface area contributed by atoms with E-state index in [0.717, 1.165) is 6.54 Å². The summed E-state index contributed by atoms with van der Waals surface area (Å²) in [6, 6.07) is 6.00. The minimum Gasteiger partial charge on any atom is -0.361 e. The molecule has 0 atom stereocenters.